The van der Waals surface area contributed by atoms with Crippen LogP contribution in [0.3, 0.4) is 0 Å². The Morgan fingerprint density at radius 3 is 2.95 bits per heavy atom. The second-order valence-electron chi connectivity index (χ2n) is 4.79. The van der Waals surface area contributed by atoms with E-state index in [9.17, 15) is 4.39 Å². The Morgan fingerprint density at radius 2 is 2.14 bits per heavy atom. The summed E-state index contributed by atoms with van der Waals surface area (Å²) in [6.45, 7) is 0.505. The van der Waals surface area contributed by atoms with Crippen molar-refractivity contribution in [1.82, 2.24) is 14.7 Å². The monoisotopic (exact) mass is 333 g/mol. The first-order valence-corrected chi connectivity index (χ1v) is 7.70. The molecule has 7 heteroatoms. The second kappa shape index (κ2) is 5.23. The summed E-state index contributed by atoms with van der Waals surface area (Å²) in [4.78, 5) is 5.12. The van der Waals surface area contributed by atoms with Gasteiger partial charge in [0.05, 0.1) is 33.1 Å². The third-order valence-electron chi connectivity index (χ3n) is 3.29. The quantitative estimate of drug-likeness (QED) is 0.550. The summed E-state index contributed by atoms with van der Waals surface area (Å²) in [7, 11) is 0. The van der Waals surface area contributed by atoms with Gasteiger partial charge in [-0.2, -0.15) is 0 Å². The molecule has 0 amide bonds. The van der Waals surface area contributed by atoms with Gasteiger partial charge in [-0.15, -0.1) is 11.3 Å². The standard InChI is InChI=1S/C15H9ClFN3OS/c16-15-4-3-14(22-15)13-6-10(19-21-13)7-20-8-18-11-5-9(17)1-2-12(11)20/h1-6,8H,7H2. The Labute approximate surface area is 133 Å². The highest BCUT2D eigenvalue weighted by molar-refractivity contribution is 7.19. The average Bonchev–Trinajstić information content (AvgIpc) is 3.20. The van der Waals surface area contributed by atoms with Gasteiger partial charge in [0, 0.05) is 12.1 Å². The maximum atomic E-state index is 13.2. The predicted octanol–water partition coefficient (Wildman–Crippen LogP) is 4.59. The van der Waals surface area contributed by atoms with Crippen molar-refractivity contribution in [2.75, 3.05) is 0 Å². The maximum Gasteiger partial charge on any atom is 0.177 e. The van der Waals surface area contributed by atoms with Crippen LogP contribution in [-0.4, -0.2) is 14.7 Å². The summed E-state index contributed by atoms with van der Waals surface area (Å²) in [5.41, 5.74) is 2.24. The van der Waals surface area contributed by atoms with Crippen LogP contribution in [0.5, 0.6) is 0 Å². The highest BCUT2D eigenvalue weighted by Gasteiger charge is 2.11. The molecule has 0 atom stereocenters. The van der Waals surface area contributed by atoms with Crippen molar-refractivity contribution in [3.8, 4) is 10.6 Å². The van der Waals surface area contributed by atoms with Crippen LogP contribution in [0.25, 0.3) is 21.7 Å². The molecule has 0 saturated carbocycles. The minimum absolute atomic E-state index is 0.295. The first-order chi connectivity index (χ1) is 10.7. The van der Waals surface area contributed by atoms with Gasteiger partial charge in [-0.05, 0) is 24.3 Å². The molecular weight excluding hydrogens is 325 g/mol. The summed E-state index contributed by atoms with van der Waals surface area (Å²) in [5, 5.41) is 4.07. The van der Waals surface area contributed by atoms with Crippen molar-refractivity contribution in [3.63, 3.8) is 0 Å². The van der Waals surface area contributed by atoms with Crippen LogP contribution in [-0.2, 0) is 6.54 Å². The zero-order valence-corrected chi connectivity index (χ0v) is 12.7. The second-order valence-corrected chi connectivity index (χ2v) is 6.51. The Bertz CT molecular complexity index is 959. The van der Waals surface area contributed by atoms with Gasteiger partial charge < -0.3 is 9.09 Å². The van der Waals surface area contributed by atoms with Gasteiger partial charge in [0.2, 0.25) is 0 Å². The summed E-state index contributed by atoms with van der Waals surface area (Å²) in [5.74, 6) is 0.387. The topological polar surface area (TPSA) is 43.9 Å². The number of aromatic nitrogens is 3. The molecule has 0 N–H and O–H groups in total. The summed E-state index contributed by atoms with van der Waals surface area (Å²) >= 11 is 7.36. The third kappa shape index (κ3) is 2.40. The summed E-state index contributed by atoms with van der Waals surface area (Å²) in [6.07, 6.45) is 1.67. The van der Waals surface area contributed by atoms with E-state index in [0.717, 1.165) is 16.1 Å². The van der Waals surface area contributed by atoms with Gasteiger partial charge in [-0.3, -0.25) is 0 Å². The summed E-state index contributed by atoms with van der Waals surface area (Å²) in [6, 6.07) is 10.1. The number of fused-ring (bicyclic) bond motifs is 1. The van der Waals surface area contributed by atoms with Crippen LogP contribution in [0.15, 0.2) is 47.2 Å². The van der Waals surface area contributed by atoms with E-state index in [-0.39, 0.29) is 5.82 Å². The number of rotatable bonds is 3. The van der Waals surface area contributed by atoms with Crippen LogP contribution in [0, 0.1) is 5.82 Å². The van der Waals surface area contributed by atoms with Gasteiger partial charge in [0.15, 0.2) is 5.76 Å². The largest absolute Gasteiger partial charge is 0.355 e. The average molecular weight is 334 g/mol. The van der Waals surface area contributed by atoms with Crippen LogP contribution in [0.2, 0.25) is 4.34 Å². The minimum Gasteiger partial charge on any atom is -0.355 e. The molecule has 0 spiro atoms. The number of imidazole rings is 1. The molecule has 0 saturated heterocycles. The molecule has 0 aliphatic rings. The van der Waals surface area contributed by atoms with E-state index in [0.29, 0.717) is 22.2 Å². The van der Waals surface area contributed by atoms with Crippen molar-refractivity contribution >= 4 is 34.0 Å². The Kier molecular flexibility index (Phi) is 3.20. The molecule has 4 nitrogen and oxygen atoms in total. The molecule has 0 aliphatic carbocycles. The lowest BCUT2D eigenvalue weighted by Gasteiger charge is -2.00. The molecule has 0 bridgehead atoms. The van der Waals surface area contributed by atoms with E-state index >= 15 is 0 Å². The molecule has 4 rings (SSSR count). The van der Waals surface area contributed by atoms with E-state index in [2.05, 4.69) is 10.1 Å². The van der Waals surface area contributed by atoms with Crippen molar-refractivity contribution in [2.24, 2.45) is 0 Å². The van der Waals surface area contributed by atoms with E-state index in [1.807, 2.05) is 22.8 Å². The Morgan fingerprint density at radius 1 is 1.23 bits per heavy atom. The predicted molar refractivity (Wildman–Crippen MR) is 83.6 cm³/mol. The molecule has 0 unspecified atom stereocenters. The fraction of sp³-hybridized carbons (Fsp3) is 0.0667. The Hall–Kier alpha value is -2.18. The number of halogens is 2. The first kappa shape index (κ1) is 13.5. The highest BCUT2D eigenvalue weighted by atomic mass is 35.5. The number of hydrogen-bond donors (Lipinski definition) is 0. The van der Waals surface area contributed by atoms with Gasteiger partial charge in [0.1, 0.15) is 11.5 Å². The smallest absolute Gasteiger partial charge is 0.177 e. The van der Waals surface area contributed by atoms with Crippen LogP contribution in [0.4, 0.5) is 4.39 Å². The van der Waals surface area contributed by atoms with E-state index in [4.69, 9.17) is 16.1 Å². The Balaban J connectivity index is 1.64. The summed E-state index contributed by atoms with van der Waals surface area (Å²) < 4.78 is 21.1. The first-order valence-electron chi connectivity index (χ1n) is 6.51. The zero-order valence-electron chi connectivity index (χ0n) is 11.2. The van der Waals surface area contributed by atoms with Gasteiger partial charge >= 0.3 is 0 Å². The lowest BCUT2D eigenvalue weighted by atomic mass is 10.3. The van der Waals surface area contributed by atoms with Gasteiger partial charge in [-0.25, -0.2) is 9.37 Å². The number of thiophene rings is 1. The molecule has 1 aromatic carbocycles. The van der Waals surface area contributed by atoms with E-state index in [1.165, 1.54) is 23.5 Å². The van der Waals surface area contributed by atoms with Crippen LogP contribution < -0.4 is 0 Å². The number of hydrogen-bond acceptors (Lipinski definition) is 4. The molecule has 110 valence electrons. The van der Waals surface area contributed by atoms with Gasteiger partial charge in [-0.1, -0.05) is 16.8 Å². The normalized spacial score (nSPS) is 11.4. The van der Waals surface area contributed by atoms with E-state index in [1.54, 1.807) is 12.4 Å². The molecule has 3 aromatic heterocycles. The molecular formula is C15H9ClFN3OS. The number of nitrogens with zero attached hydrogens (tertiary/aromatic N) is 3. The van der Waals surface area contributed by atoms with Crippen molar-refractivity contribution in [2.45, 2.75) is 6.54 Å². The zero-order chi connectivity index (χ0) is 15.1. The lowest BCUT2D eigenvalue weighted by Crippen LogP contribution is -1.97. The molecule has 4 aromatic rings. The number of benzene rings is 1. The van der Waals surface area contributed by atoms with Crippen molar-refractivity contribution < 1.29 is 8.91 Å². The molecule has 0 radical (unpaired) electrons. The van der Waals surface area contributed by atoms with Crippen LogP contribution in [0.1, 0.15) is 5.69 Å². The van der Waals surface area contributed by atoms with Gasteiger partial charge in [0.25, 0.3) is 0 Å². The van der Waals surface area contributed by atoms with Crippen molar-refractivity contribution in [3.05, 3.63) is 58.6 Å². The highest BCUT2D eigenvalue weighted by Crippen LogP contribution is 2.31. The minimum atomic E-state index is -0.295. The molecule has 22 heavy (non-hydrogen) atoms. The lowest BCUT2D eigenvalue weighted by molar-refractivity contribution is 0.422. The third-order valence-corrected chi connectivity index (χ3v) is 4.54. The SMILES string of the molecule is Fc1ccc2c(c1)ncn2Cc1cc(-c2ccc(Cl)s2)on1. The fourth-order valence-electron chi connectivity index (χ4n) is 2.29. The fourth-order valence-corrected chi connectivity index (χ4v) is 3.28. The van der Waals surface area contributed by atoms with E-state index < -0.39 is 0 Å². The van der Waals surface area contributed by atoms with Crippen LogP contribution >= 0.6 is 22.9 Å². The molecule has 3 heterocycles. The molecule has 0 fully saturated rings. The maximum absolute atomic E-state index is 13.2. The molecule has 0 aliphatic heterocycles. The van der Waals surface area contributed by atoms with Crippen molar-refractivity contribution in [1.29, 1.82) is 0 Å².